The number of nitrogens with zero attached hydrogens (tertiary/aromatic N) is 2. The second-order valence-electron chi connectivity index (χ2n) is 4.19. The highest BCUT2D eigenvalue weighted by Gasteiger charge is 2.24. The molecule has 1 aliphatic heterocycles. The first-order valence-corrected chi connectivity index (χ1v) is 5.48. The lowest BCUT2D eigenvalue weighted by atomic mass is 9.99. The Morgan fingerprint density at radius 3 is 3.00 bits per heavy atom. The van der Waals surface area contributed by atoms with Gasteiger partial charge in [-0.1, -0.05) is 11.6 Å². The summed E-state index contributed by atoms with van der Waals surface area (Å²) in [6.07, 6.45) is 0.817. The maximum absolute atomic E-state index is 10.9. The largest absolute Gasteiger partial charge is 0.477 e. The predicted molar refractivity (Wildman–Crippen MR) is 60.8 cm³/mol. The van der Waals surface area contributed by atoms with Crippen molar-refractivity contribution >= 4 is 17.6 Å². The van der Waals surface area contributed by atoms with Gasteiger partial charge < -0.3 is 5.11 Å². The van der Waals surface area contributed by atoms with Crippen LogP contribution in [-0.4, -0.2) is 34.0 Å². The summed E-state index contributed by atoms with van der Waals surface area (Å²) in [5.74, 6) is -1.04. The Balaban J connectivity index is 2.48. The zero-order chi connectivity index (χ0) is 11.9. The highest BCUT2D eigenvalue weighted by Crippen LogP contribution is 2.27. The van der Waals surface area contributed by atoms with Gasteiger partial charge in [-0.25, -0.2) is 9.78 Å². The van der Waals surface area contributed by atoms with Crippen LogP contribution in [0.2, 0.25) is 5.02 Å². The number of carboxylic acid groups (broad SMARTS) is 1. The predicted octanol–water partition coefficient (Wildman–Crippen LogP) is 1.81. The second kappa shape index (κ2) is 4.03. The molecule has 0 unspecified atom stereocenters. The first-order valence-electron chi connectivity index (χ1n) is 5.11. The molecule has 0 radical (unpaired) electrons. The number of pyridine rings is 1. The number of rotatable bonds is 1. The summed E-state index contributed by atoms with van der Waals surface area (Å²) in [5, 5.41) is 9.41. The van der Waals surface area contributed by atoms with E-state index in [1.54, 1.807) is 0 Å². The topological polar surface area (TPSA) is 53.4 Å². The number of hydrogen-bond donors (Lipinski definition) is 1. The number of hydrogen-bond acceptors (Lipinski definition) is 3. The van der Waals surface area contributed by atoms with Gasteiger partial charge in [0.2, 0.25) is 0 Å². The molecule has 1 aromatic heterocycles. The van der Waals surface area contributed by atoms with Gasteiger partial charge in [-0.3, -0.25) is 4.90 Å². The summed E-state index contributed by atoms with van der Waals surface area (Å²) in [7, 11) is 2.00. The first-order chi connectivity index (χ1) is 7.49. The SMILES string of the molecule is C[C@H]1Cc2c(Cl)cc(C(=O)O)nc2CN1C. The van der Waals surface area contributed by atoms with Crippen LogP contribution in [0.3, 0.4) is 0 Å². The van der Waals surface area contributed by atoms with Crippen LogP contribution >= 0.6 is 11.6 Å². The monoisotopic (exact) mass is 240 g/mol. The number of aromatic nitrogens is 1. The fourth-order valence-electron chi connectivity index (χ4n) is 1.89. The second-order valence-corrected chi connectivity index (χ2v) is 4.60. The van der Waals surface area contributed by atoms with Gasteiger partial charge in [0.15, 0.2) is 0 Å². The number of carboxylic acids is 1. The van der Waals surface area contributed by atoms with Crippen molar-refractivity contribution in [3.8, 4) is 0 Å². The van der Waals surface area contributed by atoms with E-state index in [0.29, 0.717) is 17.6 Å². The quantitative estimate of drug-likeness (QED) is 0.814. The zero-order valence-electron chi connectivity index (χ0n) is 9.20. The van der Waals surface area contributed by atoms with Crippen molar-refractivity contribution in [1.29, 1.82) is 0 Å². The Kier molecular flexibility index (Phi) is 2.86. The van der Waals surface area contributed by atoms with Crippen molar-refractivity contribution in [3.05, 3.63) is 28.0 Å². The average Bonchev–Trinajstić information content (AvgIpc) is 2.20. The van der Waals surface area contributed by atoms with Gasteiger partial charge in [0.05, 0.1) is 5.69 Å². The van der Waals surface area contributed by atoms with E-state index in [2.05, 4.69) is 16.8 Å². The standard InChI is InChI=1S/C11H13ClN2O2/c1-6-3-7-8(12)4-9(11(15)16)13-10(7)5-14(6)2/h4,6H,3,5H2,1-2H3,(H,15,16)/t6-/m0/s1. The van der Waals surface area contributed by atoms with E-state index < -0.39 is 5.97 Å². The lowest BCUT2D eigenvalue weighted by Crippen LogP contribution is -2.36. The summed E-state index contributed by atoms with van der Waals surface area (Å²) in [4.78, 5) is 17.1. The molecule has 1 N–H and O–H groups in total. The normalized spacial score (nSPS) is 20.6. The molecule has 0 aliphatic carbocycles. The molecular formula is C11H13ClN2O2. The minimum Gasteiger partial charge on any atom is -0.477 e. The van der Waals surface area contributed by atoms with E-state index in [1.165, 1.54) is 6.07 Å². The Labute approximate surface area is 98.9 Å². The van der Waals surface area contributed by atoms with Crippen LogP contribution < -0.4 is 0 Å². The van der Waals surface area contributed by atoms with Gasteiger partial charge in [0, 0.05) is 17.6 Å². The maximum atomic E-state index is 10.9. The molecule has 0 saturated carbocycles. The molecule has 2 heterocycles. The summed E-state index contributed by atoms with van der Waals surface area (Å²) in [5.41, 5.74) is 1.79. The third-order valence-corrected chi connectivity index (χ3v) is 3.36. The summed E-state index contributed by atoms with van der Waals surface area (Å²) < 4.78 is 0. The van der Waals surface area contributed by atoms with Crippen LogP contribution in [0.1, 0.15) is 28.7 Å². The highest BCUT2D eigenvalue weighted by molar-refractivity contribution is 6.31. The number of halogens is 1. The highest BCUT2D eigenvalue weighted by atomic mass is 35.5. The third-order valence-electron chi connectivity index (χ3n) is 3.03. The number of fused-ring (bicyclic) bond motifs is 1. The van der Waals surface area contributed by atoms with Crippen LogP contribution in [0.25, 0.3) is 0 Å². The van der Waals surface area contributed by atoms with Crippen molar-refractivity contribution in [1.82, 2.24) is 9.88 Å². The number of likely N-dealkylation sites (N-methyl/N-ethyl adjacent to an activating group) is 1. The molecular weight excluding hydrogens is 228 g/mol. The molecule has 86 valence electrons. The molecule has 0 amide bonds. The van der Waals surface area contributed by atoms with Crippen molar-refractivity contribution in [2.75, 3.05) is 7.05 Å². The van der Waals surface area contributed by atoms with Crippen LogP contribution in [0.15, 0.2) is 6.07 Å². The molecule has 1 aromatic rings. The van der Waals surface area contributed by atoms with E-state index in [9.17, 15) is 4.79 Å². The third kappa shape index (κ3) is 1.90. The van der Waals surface area contributed by atoms with E-state index in [4.69, 9.17) is 16.7 Å². The van der Waals surface area contributed by atoms with Gasteiger partial charge in [-0.2, -0.15) is 0 Å². The molecule has 16 heavy (non-hydrogen) atoms. The molecule has 0 spiro atoms. The lowest BCUT2D eigenvalue weighted by molar-refractivity contribution is 0.0689. The van der Waals surface area contributed by atoms with Gasteiger partial charge in [-0.15, -0.1) is 0 Å². The van der Waals surface area contributed by atoms with Gasteiger partial charge >= 0.3 is 5.97 Å². The Hall–Kier alpha value is -1.13. The summed E-state index contributed by atoms with van der Waals surface area (Å²) in [6, 6.07) is 1.84. The molecule has 5 heteroatoms. The van der Waals surface area contributed by atoms with Crippen molar-refractivity contribution < 1.29 is 9.90 Å². The molecule has 0 saturated heterocycles. The fraction of sp³-hybridized carbons (Fsp3) is 0.455. The number of aromatic carboxylic acids is 1. The molecule has 4 nitrogen and oxygen atoms in total. The van der Waals surface area contributed by atoms with E-state index in [1.807, 2.05) is 7.05 Å². The van der Waals surface area contributed by atoms with Crippen molar-refractivity contribution in [2.45, 2.75) is 25.9 Å². The molecule has 2 rings (SSSR count). The Morgan fingerprint density at radius 2 is 2.38 bits per heavy atom. The van der Waals surface area contributed by atoms with Crippen molar-refractivity contribution in [2.24, 2.45) is 0 Å². The Morgan fingerprint density at radius 1 is 1.69 bits per heavy atom. The number of carbonyl (C=O) groups is 1. The van der Waals surface area contributed by atoms with Crippen molar-refractivity contribution in [3.63, 3.8) is 0 Å². The maximum Gasteiger partial charge on any atom is 0.354 e. The zero-order valence-corrected chi connectivity index (χ0v) is 9.95. The van der Waals surface area contributed by atoms with Crippen LogP contribution in [0, 0.1) is 0 Å². The smallest absolute Gasteiger partial charge is 0.354 e. The van der Waals surface area contributed by atoms with Gasteiger partial charge in [0.25, 0.3) is 0 Å². The van der Waals surface area contributed by atoms with Gasteiger partial charge in [0.1, 0.15) is 5.69 Å². The molecule has 1 atom stereocenters. The van der Waals surface area contributed by atoms with E-state index >= 15 is 0 Å². The Bertz CT molecular complexity index is 448. The fourth-order valence-corrected chi connectivity index (χ4v) is 2.18. The minimum absolute atomic E-state index is 0.0201. The molecule has 0 fully saturated rings. The molecule has 0 bridgehead atoms. The molecule has 1 aliphatic rings. The minimum atomic E-state index is -1.04. The van der Waals surface area contributed by atoms with E-state index in [-0.39, 0.29) is 5.69 Å². The van der Waals surface area contributed by atoms with Crippen LogP contribution in [0.4, 0.5) is 0 Å². The van der Waals surface area contributed by atoms with Crippen LogP contribution in [-0.2, 0) is 13.0 Å². The average molecular weight is 241 g/mol. The van der Waals surface area contributed by atoms with Crippen LogP contribution in [0.5, 0.6) is 0 Å². The summed E-state index contributed by atoms with van der Waals surface area (Å²) >= 11 is 6.08. The van der Waals surface area contributed by atoms with Gasteiger partial charge in [-0.05, 0) is 32.0 Å². The first kappa shape index (κ1) is 11.4. The lowest BCUT2D eigenvalue weighted by Gasteiger charge is -2.31. The molecule has 0 aromatic carbocycles. The summed E-state index contributed by atoms with van der Waals surface area (Å²) in [6.45, 7) is 2.77. The van der Waals surface area contributed by atoms with E-state index in [0.717, 1.165) is 17.7 Å².